The number of benzene rings is 1. The Morgan fingerprint density at radius 2 is 1.82 bits per heavy atom. The third kappa shape index (κ3) is 3.73. The van der Waals surface area contributed by atoms with Crippen molar-refractivity contribution in [3.63, 3.8) is 0 Å². The quantitative estimate of drug-likeness (QED) is 0.467. The fourth-order valence-corrected chi connectivity index (χ4v) is 3.90. The topological polar surface area (TPSA) is 59.2 Å². The van der Waals surface area contributed by atoms with E-state index in [1.807, 2.05) is 74.5 Å². The van der Waals surface area contributed by atoms with E-state index < -0.39 is 0 Å². The van der Waals surface area contributed by atoms with Gasteiger partial charge in [0.25, 0.3) is 5.91 Å². The van der Waals surface area contributed by atoms with Gasteiger partial charge in [-0.05, 0) is 43.7 Å². The molecule has 5 nitrogen and oxygen atoms in total. The van der Waals surface area contributed by atoms with Gasteiger partial charge in [0.05, 0.1) is 16.4 Å². The van der Waals surface area contributed by atoms with Crippen LogP contribution in [0.15, 0.2) is 71.3 Å². The van der Waals surface area contributed by atoms with Crippen LogP contribution in [0.1, 0.15) is 27.0 Å². The zero-order valence-corrected chi connectivity index (χ0v) is 16.4. The molecule has 3 heterocycles. The summed E-state index contributed by atoms with van der Waals surface area (Å²) in [4.78, 5) is 24.9. The summed E-state index contributed by atoms with van der Waals surface area (Å²) in [5.74, 6) is 1.87. The van der Waals surface area contributed by atoms with Crippen LogP contribution in [0.4, 0.5) is 5.82 Å². The monoisotopic (exact) mass is 389 g/mol. The molecule has 0 spiro atoms. The largest absolute Gasteiger partial charge is 0.464 e. The van der Waals surface area contributed by atoms with Crippen LogP contribution in [-0.2, 0) is 6.54 Å². The Balaban J connectivity index is 1.76. The van der Waals surface area contributed by atoms with Crippen LogP contribution in [0.25, 0.3) is 10.4 Å². The molecule has 0 saturated heterocycles. The van der Waals surface area contributed by atoms with E-state index in [0.717, 1.165) is 21.2 Å². The van der Waals surface area contributed by atoms with Crippen molar-refractivity contribution in [3.8, 4) is 10.4 Å². The summed E-state index contributed by atoms with van der Waals surface area (Å²) in [6.45, 7) is 4.08. The second-order valence-electron chi connectivity index (χ2n) is 6.37. The van der Waals surface area contributed by atoms with Crippen molar-refractivity contribution in [2.75, 3.05) is 4.90 Å². The maximum absolute atomic E-state index is 13.6. The fraction of sp³-hybridized carbons (Fsp3) is 0.136. The lowest BCUT2D eigenvalue weighted by molar-refractivity contribution is 0.0978. The number of aromatic nitrogens is 2. The van der Waals surface area contributed by atoms with E-state index >= 15 is 0 Å². The number of aryl methyl sites for hydroxylation is 2. The van der Waals surface area contributed by atoms with Crippen LogP contribution in [-0.4, -0.2) is 15.9 Å². The molecule has 0 aliphatic heterocycles. The van der Waals surface area contributed by atoms with E-state index in [4.69, 9.17) is 4.42 Å². The highest BCUT2D eigenvalue weighted by Gasteiger charge is 2.26. The number of thiazole rings is 1. The number of hydrogen-bond acceptors (Lipinski definition) is 5. The number of anilines is 1. The molecule has 0 N–H and O–H groups in total. The molecule has 0 bridgehead atoms. The predicted octanol–water partition coefficient (Wildman–Crippen LogP) is 5.26. The van der Waals surface area contributed by atoms with Crippen molar-refractivity contribution >= 4 is 23.1 Å². The number of carbonyl (C=O) groups is 1. The minimum absolute atomic E-state index is 0.198. The summed E-state index contributed by atoms with van der Waals surface area (Å²) in [5.41, 5.74) is 1.41. The average molecular weight is 389 g/mol. The Labute approximate surface area is 167 Å². The normalized spacial score (nSPS) is 10.8. The van der Waals surface area contributed by atoms with Crippen molar-refractivity contribution in [1.29, 1.82) is 0 Å². The van der Waals surface area contributed by atoms with Crippen LogP contribution >= 0.6 is 11.3 Å². The average Bonchev–Trinajstić information content (AvgIpc) is 3.32. The number of rotatable bonds is 5. The Bertz CT molecular complexity index is 1090. The van der Waals surface area contributed by atoms with E-state index in [-0.39, 0.29) is 12.5 Å². The van der Waals surface area contributed by atoms with Gasteiger partial charge in [-0.1, -0.05) is 36.4 Å². The smallest absolute Gasteiger partial charge is 0.279 e. The summed E-state index contributed by atoms with van der Waals surface area (Å²) < 4.78 is 5.70. The Morgan fingerprint density at radius 3 is 2.50 bits per heavy atom. The molecule has 0 unspecified atom stereocenters. The highest BCUT2D eigenvalue weighted by Crippen LogP contribution is 2.32. The molecule has 0 radical (unpaired) electrons. The number of furan rings is 1. The Morgan fingerprint density at radius 1 is 1.04 bits per heavy atom. The van der Waals surface area contributed by atoms with Gasteiger partial charge >= 0.3 is 0 Å². The van der Waals surface area contributed by atoms with Crippen molar-refractivity contribution in [2.24, 2.45) is 0 Å². The highest BCUT2D eigenvalue weighted by atomic mass is 32.1. The van der Waals surface area contributed by atoms with E-state index in [1.165, 1.54) is 11.3 Å². The molecular weight excluding hydrogens is 370 g/mol. The number of amides is 1. The van der Waals surface area contributed by atoms with E-state index in [1.54, 1.807) is 11.1 Å². The molecule has 0 aliphatic rings. The SMILES string of the molecule is Cc1ccc(CN(C(=O)c2nc(C)sc2-c2ccccc2)c2ccccn2)o1. The van der Waals surface area contributed by atoms with Gasteiger partial charge in [0.1, 0.15) is 23.0 Å². The first-order valence-corrected chi connectivity index (χ1v) is 9.74. The molecule has 0 fully saturated rings. The molecule has 0 atom stereocenters. The zero-order valence-electron chi connectivity index (χ0n) is 15.6. The molecule has 4 rings (SSSR count). The number of nitrogens with zero attached hydrogens (tertiary/aromatic N) is 3. The molecule has 6 heteroatoms. The molecular formula is C22H19N3O2S. The van der Waals surface area contributed by atoms with Crippen molar-refractivity contribution < 1.29 is 9.21 Å². The van der Waals surface area contributed by atoms with Crippen LogP contribution < -0.4 is 4.90 Å². The second-order valence-corrected chi connectivity index (χ2v) is 7.57. The molecule has 3 aromatic heterocycles. The van der Waals surface area contributed by atoms with Gasteiger partial charge < -0.3 is 4.42 Å². The number of pyridine rings is 1. The maximum atomic E-state index is 13.6. The highest BCUT2D eigenvalue weighted by molar-refractivity contribution is 7.15. The number of hydrogen-bond donors (Lipinski definition) is 0. The molecule has 0 aliphatic carbocycles. The summed E-state index contributed by atoms with van der Waals surface area (Å²) >= 11 is 1.52. The van der Waals surface area contributed by atoms with Gasteiger partial charge in [0.2, 0.25) is 0 Å². The minimum atomic E-state index is -0.198. The van der Waals surface area contributed by atoms with Crippen LogP contribution in [0, 0.1) is 13.8 Å². The lowest BCUT2D eigenvalue weighted by Gasteiger charge is -2.20. The third-order valence-electron chi connectivity index (χ3n) is 4.25. The first kappa shape index (κ1) is 18.1. The van der Waals surface area contributed by atoms with Crippen molar-refractivity contribution in [2.45, 2.75) is 20.4 Å². The minimum Gasteiger partial charge on any atom is -0.464 e. The molecule has 4 aromatic rings. The lowest BCUT2D eigenvalue weighted by atomic mass is 10.1. The summed E-state index contributed by atoms with van der Waals surface area (Å²) in [6.07, 6.45) is 1.67. The van der Waals surface area contributed by atoms with Gasteiger partial charge in [0, 0.05) is 6.20 Å². The van der Waals surface area contributed by atoms with Gasteiger partial charge in [-0.15, -0.1) is 11.3 Å². The van der Waals surface area contributed by atoms with E-state index in [0.29, 0.717) is 17.3 Å². The second kappa shape index (κ2) is 7.78. The number of carbonyl (C=O) groups excluding carboxylic acids is 1. The van der Waals surface area contributed by atoms with E-state index in [9.17, 15) is 4.79 Å². The summed E-state index contributed by atoms with van der Waals surface area (Å²) in [5, 5.41) is 0.844. The summed E-state index contributed by atoms with van der Waals surface area (Å²) in [6, 6.07) is 19.1. The van der Waals surface area contributed by atoms with Gasteiger partial charge in [-0.2, -0.15) is 0 Å². The molecule has 1 amide bonds. The fourth-order valence-electron chi connectivity index (χ4n) is 2.98. The lowest BCUT2D eigenvalue weighted by Crippen LogP contribution is -2.31. The summed E-state index contributed by atoms with van der Waals surface area (Å²) in [7, 11) is 0. The van der Waals surface area contributed by atoms with Crippen LogP contribution in [0.5, 0.6) is 0 Å². The molecule has 28 heavy (non-hydrogen) atoms. The molecule has 140 valence electrons. The molecule has 1 aromatic carbocycles. The predicted molar refractivity (Wildman–Crippen MR) is 110 cm³/mol. The zero-order chi connectivity index (χ0) is 19.5. The first-order chi connectivity index (χ1) is 13.6. The molecule has 0 saturated carbocycles. The Hall–Kier alpha value is -3.25. The van der Waals surface area contributed by atoms with Gasteiger partial charge in [-0.25, -0.2) is 9.97 Å². The van der Waals surface area contributed by atoms with Crippen LogP contribution in [0.2, 0.25) is 0 Å². The van der Waals surface area contributed by atoms with Gasteiger partial charge in [0.15, 0.2) is 0 Å². The van der Waals surface area contributed by atoms with Crippen molar-refractivity contribution in [3.05, 3.63) is 89.1 Å². The Kier molecular flexibility index (Phi) is 5.04. The van der Waals surface area contributed by atoms with E-state index in [2.05, 4.69) is 9.97 Å². The first-order valence-electron chi connectivity index (χ1n) is 8.93. The third-order valence-corrected chi connectivity index (χ3v) is 5.27. The standard InChI is InChI=1S/C22H19N3O2S/c1-15-11-12-18(27-15)14-25(19-10-6-7-13-23-19)22(26)20-21(28-16(2)24-20)17-8-4-3-5-9-17/h3-13H,14H2,1-2H3. The van der Waals surface area contributed by atoms with Gasteiger partial charge in [-0.3, -0.25) is 9.69 Å². The maximum Gasteiger partial charge on any atom is 0.279 e. The van der Waals surface area contributed by atoms with Crippen LogP contribution in [0.3, 0.4) is 0 Å². The van der Waals surface area contributed by atoms with Crippen molar-refractivity contribution in [1.82, 2.24) is 9.97 Å².